The Labute approximate surface area is 459 Å². The molecule has 0 aromatic carbocycles. The van der Waals surface area contributed by atoms with Gasteiger partial charge in [0.1, 0.15) is 57.1 Å². The van der Waals surface area contributed by atoms with Gasteiger partial charge in [-0.2, -0.15) is 12.6 Å². The summed E-state index contributed by atoms with van der Waals surface area (Å²) in [6.07, 6.45) is 10.5. The van der Waals surface area contributed by atoms with Gasteiger partial charge in [-0.15, -0.1) is 22.7 Å². The summed E-state index contributed by atoms with van der Waals surface area (Å²) in [5, 5.41) is 19.6. The van der Waals surface area contributed by atoms with E-state index in [0.717, 1.165) is 6.42 Å². The van der Waals surface area contributed by atoms with Crippen molar-refractivity contribution in [3.05, 3.63) is 80.0 Å². The number of hydrogen-bond acceptors (Lipinski definition) is 19. The highest BCUT2D eigenvalue weighted by Gasteiger charge is 2.32. The number of thiazole rings is 2. The standard InChI is InChI=1S/C24H33N5O6S2.C21H28N4O5S2.C4H7ClO/c1-4-16-22(32)29-21(14(2)3)24(34)35-15(7-5-6-10-36-20(31)8-9-25)11-18(30)26-12-19-27-17(13-37-19)23(33)28-16;1-4-14-19(27)25-18(12(2)3)21(29)30-13(7-5-6-8-31)9-16(26)22-10-17-23-15(11-32-17)20(28)24-14;1-2-3-4(5)6/h4-5,7,13-15,21H,6,8-12,25H2,1-3H3,(H,26,30)(H,28,33)(H,29,32);4-5,7,11-13,18,31H,6,8-10H2,1-3H3,(H,22,26)(H,24,28)(H,25,27);2-3H2,1H3/b7-5+,16-4-;7-5+,14-4-;/t15-,21+;13-,18+;/m11./s1. The van der Waals surface area contributed by atoms with E-state index in [9.17, 15) is 47.9 Å². The topological polar surface area (TPSA) is 313 Å². The van der Waals surface area contributed by atoms with Crippen molar-refractivity contribution in [1.29, 1.82) is 0 Å². The SMILES string of the molecule is C/C=C1\NC(=O)c2csc(n2)CNC(=O)C[C@@H](/C=C/CCS)OC(=O)[C@H](C(C)C)NC1=O.C/C=C1\NC(=O)c2csc(n2)CNC(=O)C[C@@H](/C=C/CCSC(=O)CCN)OC(=O)[C@H](C(C)C)NC1=O.CCCC(=O)Cl. The third-order valence-corrected chi connectivity index (χ3v) is 13.2. The van der Waals surface area contributed by atoms with E-state index in [0.29, 0.717) is 53.7 Å². The first-order chi connectivity index (χ1) is 35.7. The van der Waals surface area contributed by atoms with Gasteiger partial charge in [0, 0.05) is 35.9 Å². The van der Waals surface area contributed by atoms with Gasteiger partial charge in [-0.3, -0.25) is 38.4 Å². The van der Waals surface area contributed by atoms with Crippen LogP contribution in [0.4, 0.5) is 0 Å². The first-order valence-corrected chi connectivity index (χ1v) is 27.8. The second-order valence-electron chi connectivity index (χ2n) is 16.9. The van der Waals surface area contributed by atoms with Gasteiger partial charge in [-0.25, -0.2) is 19.6 Å². The summed E-state index contributed by atoms with van der Waals surface area (Å²) in [6.45, 7) is 12.6. The van der Waals surface area contributed by atoms with Gasteiger partial charge in [0.2, 0.25) is 17.1 Å². The summed E-state index contributed by atoms with van der Waals surface area (Å²) in [7, 11) is 0. The normalized spacial score (nSPS) is 20.7. The number of nitrogens with zero attached hydrogens (tertiary/aromatic N) is 2. The molecule has 0 spiro atoms. The molecule has 2 aromatic rings. The van der Waals surface area contributed by atoms with Gasteiger partial charge in [0.05, 0.1) is 25.9 Å². The predicted molar refractivity (Wildman–Crippen MR) is 291 cm³/mol. The van der Waals surface area contributed by atoms with Gasteiger partial charge in [0.15, 0.2) is 5.12 Å². The van der Waals surface area contributed by atoms with Crippen molar-refractivity contribution in [1.82, 2.24) is 41.9 Å². The molecule has 8 N–H and O–H groups in total. The van der Waals surface area contributed by atoms with Gasteiger partial charge in [-0.05, 0) is 74.5 Å². The molecule has 2 aromatic heterocycles. The van der Waals surface area contributed by atoms with Crippen LogP contribution in [0.25, 0.3) is 0 Å². The lowest BCUT2D eigenvalue weighted by Crippen LogP contribution is -2.48. The first-order valence-electron chi connectivity index (χ1n) is 24.0. The molecule has 4 atom stereocenters. The monoisotopic (exact) mass is 1140 g/mol. The average molecular weight is 1140 g/mol. The molecule has 0 aliphatic carbocycles. The predicted octanol–water partition coefficient (Wildman–Crippen LogP) is 4.68. The highest BCUT2D eigenvalue weighted by Crippen LogP contribution is 2.17. The van der Waals surface area contributed by atoms with Crippen molar-refractivity contribution < 1.29 is 57.4 Å². The van der Waals surface area contributed by atoms with Crippen LogP contribution in [0.3, 0.4) is 0 Å². The Morgan fingerprint density at radius 3 is 1.55 bits per heavy atom. The largest absolute Gasteiger partial charge is 0.456 e. The van der Waals surface area contributed by atoms with Gasteiger partial charge >= 0.3 is 11.9 Å². The summed E-state index contributed by atoms with van der Waals surface area (Å²) in [5.74, 6) is -4.03. The molecule has 2 aliphatic heterocycles. The Bertz CT molecular complexity index is 2420. The van der Waals surface area contributed by atoms with Crippen LogP contribution in [-0.2, 0) is 60.9 Å². The molecule has 0 radical (unpaired) electrons. The number of ether oxygens (including phenoxy) is 2. The summed E-state index contributed by atoms with van der Waals surface area (Å²) >= 11 is 12.7. The summed E-state index contributed by atoms with van der Waals surface area (Å²) in [4.78, 5) is 131. The molecule has 2 aliphatic rings. The first kappa shape index (κ1) is 65.4. The van der Waals surface area contributed by atoms with Crippen LogP contribution in [0.5, 0.6) is 0 Å². The van der Waals surface area contributed by atoms with Crippen molar-refractivity contribution in [3.63, 3.8) is 0 Å². The Morgan fingerprint density at radius 2 is 1.19 bits per heavy atom. The zero-order valence-electron chi connectivity index (χ0n) is 43.0. The number of allylic oxidation sites excluding steroid dienone is 4. The Hall–Kier alpha value is -5.73. The fraction of sp³-hybridized carbons (Fsp3) is 0.510. The van der Waals surface area contributed by atoms with E-state index >= 15 is 0 Å². The van der Waals surface area contributed by atoms with Crippen LogP contribution in [0.1, 0.15) is 124 Å². The Kier molecular flexibility index (Phi) is 31.0. The quantitative estimate of drug-likeness (QED) is 0.0337. The van der Waals surface area contributed by atoms with Crippen LogP contribution in [0, 0.1) is 11.8 Å². The number of esters is 2. The minimum atomic E-state index is -1.03. The Morgan fingerprint density at radius 1 is 0.747 bits per heavy atom. The third kappa shape index (κ3) is 25.1. The number of cyclic esters (lactones) is 2. The van der Waals surface area contributed by atoms with E-state index in [2.05, 4.69) is 54.5 Å². The summed E-state index contributed by atoms with van der Waals surface area (Å²) in [6, 6.07) is -2.00. The highest BCUT2D eigenvalue weighted by atomic mass is 35.5. The molecule has 4 bridgehead atoms. The maximum atomic E-state index is 13.0. The fourth-order valence-corrected chi connectivity index (χ4v) is 8.63. The molecule has 75 heavy (non-hydrogen) atoms. The second kappa shape index (κ2) is 35.5. The number of nitrogens with two attached hydrogens (primary N) is 1. The molecule has 4 rings (SSSR count). The van der Waals surface area contributed by atoms with Crippen molar-refractivity contribution in [2.45, 2.75) is 131 Å². The molecule has 21 nitrogen and oxygen atoms in total. The lowest BCUT2D eigenvalue weighted by molar-refractivity contribution is -0.153. The van der Waals surface area contributed by atoms with Crippen molar-refractivity contribution in [3.8, 4) is 0 Å². The van der Waals surface area contributed by atoms with Crippen LogP contribution in [0.2, 0.25) is 0 Å². The summed E-state index contributed by atoms with van der Waals surface area (Å²) < 4.78 is 11.2. The molecular weight excluding hydrogens is 1070 g/mol. The van der Waals surface area contributed by atoms with Crippen molar-refractivity contribution in [2.24, 2.45) is 17.6 Å². The summed E-state index contributed by atoms with van der Waals surface area (Å²) in [5.41, 5.74) is 5.58. The van der Waals surface area contributed by atoms with E-state index in [-0.39, 0.29) is 82.7 Å². The number of thiol groups is 1. The van der Waals surface area contributed by atoms with E-state index in [1.54, 1.807) is 71.2 Å². The Balaban J connectivity index is 0.000000466. The highest BCUT2D eigenvalue weighted by molar-refractivity contribution is 8.13. The van der Waals surface area contributed by atoms with Gasteiger partial charge in [0.25, 0.3) is 23.6 Å². The number of nitrogens with one attached hydrogen (secondary N) is 6. The van der Waals surface area contributed by atoms with Crippen LogP contribution < -0.4 is 37.6 Å². The molecule has 4 heterocycles. The van der Waals surface area contributed by atoms with Crippen LogP contribution in [-0.4, -0.2) is 110 Å². The van der Waals surface area contributed by atoms with E-state index in [1.165, 1.54) is 52.0 Å². The third-order valence-electron chi connectivity index (χ3n) is 10.1. The zero-order valence-corrected chi connectivity index (χ0v) is 47.1. The molecule has 0 unspecified atom stereocenters. The molecular formula is C49H68ClN9O12S4. The van der Waals surface area contributed by atoms with Crippen LogP contribution in [0.15, 0.2) is 58.6 Å². The number of fused-ring (bicyclic) bond motifs is 4. The van der Waals surface area contributed by atoms with Crippen LogP contribution >= 0.6 is 58.7 Å². The van der Waals surface area contributed by atoms with Crippen molar-refractivity contribution in [2.75, 3.05) is 18.1 Å². The second-order valence-corrected chi connectivity index (χ2v) is 20.8. The minimum Gasteiger partial charge on any atom is -0.456 e. The van der Waals surface area contributed by atoms with E-state index < -0.39 is 59.9 Å². The number of thioether (sulfide) groups is 1. The minimum absolute atomic E-state index is 0.00367. The number of rotatable bonds is 13. The number of halogens is 1. The number of carbonyl (C=O) groups is 10. The van der Waals surface area contributed by atoms with E-state index in [1.807, 2.05) is 6.92 Å². The lowest BCUT2D eigenvalue weighted by Gasteiger charge is -2.24. The maximum absolute atomic E-state index is 13.0. The number of hydrogen-bond donors (Lipinski definition) is 8. The van der Waals surface area contributed by atoms with Crippen molar-refractivity contribution >= 4 is 116 Å². The number of carbonyl (C=O) groups excluding carboxylic acids is 10. The zero-order chi connectivity index (χ0) is 56.0. The molecule has 6 amide bonds. The maximum Gasteiger partial charge on any atom is 0.329 e. The molecule has 26 heteroatoms. The van der Waals surface area contributed by atoms with Gasteiger partial charge in [-0.1, -0.05) is 70.7 Å². The molecule has 0 saturated carbocycles. The van der Waals surface area contributed by atoms with Gasteiger partial charge < -0.3 is 47.1 Å². The van der Waals surface area contributed by atoms with E-state index in [4.69, 9.17) is 26.8 Å². The number of amides is 6. The fourth-order valence-electron chi connectivity index (χ4n) is 6.12. The molecule has 0 fully saturated rings. The molecule has 0 saturated heterocycles. The molecule has 412 valence electrons. The average Bonchev–Trinajstić information content (AvgIpc) is 4.05. The number of aromatic nitrogens is 2. The lowest BCUT2D eigenvalue weighted by atomic mass is 10.0. The smallest absolute Gasteiger partial charge is 0.329 e.